The van der Waals surface area contributed by atoms with Gasteiger partial charge in [-0.2, -0.15) is 0 Å². The van der Waals surface area contributed by atoms with E-state index in [0.717, 1.165) is 0 Å². The fraction of sp³-hybridized carbons (Fsp3) is 0. The van der Waals surface area contributed by atoms with E-state index in [1.807, 2.05) is 0 Å². The zero-order chi connectivity index (χ0) is 6.81. The predicted molar refractivity (Wildman–Crippen MR) is 46.4 cm³/mol. The first-order chi connectivity index (χ1) is 4.97. The number of benzene rings is 1. The summed E-state index contributed by atoms with van der Waals surface area (Å²) < 4.78 is 4.77. The van der Waals surface area contributed by atoms with Crippen molar-refractivity contribution in [2.24, 2.45) is 0 Å². The molecule has 0 nitrogen and oxygen atoms in total. The van der Waals surface area contributed by atoms with E-state index in [2.05, 4.69) is 38.5 Å². The molecule has 2 rings (SSSR count). The summed E-state index contributed by atoms with van der Waals surface area (Å²) >= 11 is -0.249. The Morgan fingerprint density at radius 2 is 1.80 bits per heavy atom. The summed E-state index contributed by atoms with van der Waals surface area (Å²) in [5.41, 5.74) is 2.83. The monoisotopic (exact) mass is 235 g/mol. The molecule has 0 atom stereocenters. The van der Waals surface area contributed by atoms with Gasteiger partial charge in [-0.15, -0.1) is 0 Å². The van der Waals surface area contributed by atoms with Crippen LogP contribution in [-0.2, 0) is 0 Å². The molecule has 0 fully saturated rings. The van der Waals surface area contributed by atoms with Crippen molar-refractivity contribution in [3.8, 4) is 0 Å². The number of rotatable bonds is 0. The molecule has 0 N–H and O–H groups in total. The zero-order valence-electron chi connectivity index (χ0n) is 5.54. The van der Waals surface area contributed by atoms with Crippen molar-refractivity contribution in [3.63, 3.8) is 0 Å². The average molecular weight is 234 g/mol. The minimum absolute atomic E-state index is 0.249. The molecule has 1 aromatic carbocycles. The molecule has 0 unspecified atom stereocenters. The summed E-state index contributed by atoms with van der Waals surface area (Å²) in [6.45, 7) is 0. The Morgan fingerprint density at radius 1 is 1.00 bits per heavy atom. The number of fused-ring (bicyclic) bond motifs is 1. The van der Waals surface area contributed by atoms with E-state index in [4.69, 9.17) is 0 Å². The molecule has 10 heavy (non-hydrogen) atoms. The van der Waals surface area contributed by atoms with Crippen molar-refractivity contribution >= 4 is 30.8 Å². The predicted octanol–water partition coefficient (Wildman–Crippen LogP) is 1.53. The van der Waals surface area contributed by atoms with Gasteiger partial charge in [0.15, 0.2) is 0 Å². The SMILES string of the molecule is [CH]1=Cc2ccccc2[CH]=[Sn]1. The Kier molecular flexibility index (Phi) is 1.72. The summed E-state index contributed by atoms with van der Waals surface area (Å²) in [5, 5.41) is 0. The van der Waals surface area contributed by atoms with E-state index >= 15 is 0 Å². The van der Waals surface area contributed by atoms with Gasteiger partial charge in [-0.25, -0.2) is 0 Å². The van der Waals surface area contributed by atoms with Crippen LogP contribution in [0.5, 0.6) is 0 Å². The fourth-order valence-corrected chi connectivity index (χ4v) is 3.39. The van der Waals surface area contributed by atoms with Crippen LogP contribution in [0, 0.1) is 0 Å². The molecule has 0 aromatic heterocycles. The van der Waals surface area contributed by atoms with Crippen LogP contribution < -0.4 is 0 Å². The Morgan fingerprint density at radius 3 is 2.60 bits per heavy atom. The number of hydrogen-bond acceptors (Lipinski definition) is 0. The third-order valence-electron chi connectivity index (χ3n) is 1.59. The Labute approximate surface area is 70.3 Å². The van der Waals surface area contributed by atoms with E-state index in [-0.39, 0.29) is 20.7 Å². The van der Waals surface area contributed by atoms with Crippen LogP contribution in [0.3, 0.4) is 0 Å². The van der Waals surface area contributed by atoms with E-state index in [1.54, 1.807) is 0 Å². The van der Waals surface area contributed by atoms with Gasteiger partial charge in [-0.05, 0) is 0 Å². The van der Waals surface area contributed by atoms with Crippen molar-refractivity contribution in [2.75, 3.05) is 0 Å². The van der Waals surface area contributed by atoms with E-state index < -0.39 is 0 Å². The summed E-state index contributed by atoms with van der Waals surface area (Å²) in [6, 6.07) is 8.56. The van der Waals surface area contributed by atoms with Gasteiger partial charge in [0.1, 0.15) is 0 Å². The second kappa shape index (κ2) is 2.70. The van der Waals surface area contributed by atoms with Crippen LogP contribution in [-0.4, -0.2) is 24.7 Å². The molecule has 1 heterocycles. The Balaban J connectivity index is 2.65. The standard InChI is InChI=1S/C9H7.Sn/c1-3-9-7-5-4-6-8(9)2;/h1-7H;. The maximum absolute atomic E-state index is 2.42. The van der Waals surface area contributed by atoms with Crippen LogP contribution in [0.2, 0.25) is 0 Å². The number of hydrogen-bond donors (Lipinski definition) is 0. The Bertz CT molecular complexity index is 266. The maximum atomic E-state index is 2.42. The third kappa shape index (κ3) is 1.08. The molecule has 1 aromatic rings. The van der Waals surface area contributed by atoms with Crippen LogP contribution in [0.25, 0.3) is 6.08 Å². The van der Waals surface area contributed by atoms with Crippen molar-refractivity contribution < 1.29 is 0 Å². The molecule has 0 spiro atoms. The topological polar surface area (TPSA) is 0 Å². The first-order valence-electron chi connectivity index (χ1n) is 3.32. The molecular weight excluding hydrogens is 227 g/mol. The summed E-state index contributed by atoms with van der Waals surface area (Å²) in [4.78, 5) is 0. The van der Waals surface area contributed by atoms with Crippen LogP contribution in [0.4, 0.5) is 0 Å². The molecule has 0 aliphatic carbocycles. The second-order valence-electron chi connectivity index (χ2n) is 2.27. The van der Waals surface area contributed by atoms with Crippen molar-refractivity contribution in [1.29, 1.82) is 0 Å². The molecule has 0 saturated carbocycles. The molecule has 1 heteroatoms. The normalized spacial score (nSPS) is 13.2. The molecular formula is C9H7Sn. The molecule has 0 saturated heterocycles. The second-order valence-corrected chi connectivity index (χ2v) is 5.00. The van der Waals surface area contributed by atoms with Gasteiger partial charge in [-0.1, -0.05) is 0 Å². The zero-order valence-corrected chi connectivity index (χ0v) is 8.40. The van der Waals surface area contributed by atoms with E-state index in [0.29, 0.717) is 0 Å². The van der Waals surface area contributed by atoms with Crippen LogP contribution in [0.15, 0.2) is 28.4 Å². The summed E-state index contributed by atoms with van der Waals surface area (Å²) in [5.74, 6) is 0. The Hall–Kier alpha value is -0.371. The van der Waals surface area contributed by atoms with Gasteiger partial charge in [-0.3, -0.25) is 0 Å². The molecule has 0 bridgehead atoms. The molecule has 1 radical (unpaired) electrons. The van der Waals surface area contributed by atoms with Gasteiger partial charge < -0.3 is 0 Å². The van der Waals surface area contributed by atoms with E-state index in [1.165, 1.54) is 11.1 Å². The first-order valence-corrected chi connectivity index (χ1v) is 6.61. The third-order valence-corrected chi connectivity index (χ3v) is 3.98. The molecule has 47 valence electrons. The first kappa shape index (κ1) is 6.35. The minimum atomic E-state index is -0.249. The average Bonchev–Trinajstić information content (AvgIpc) is 2.05. The van der Waals surface area contributed by atoms with Crippen molar-refractivity contribution in [1.82, 2.24) is 0 Å². The van der Waals surface area contributed by atoms with Crippen molar-refractivity contribution in [2.45, 2.75) is 0 Å². The van der Waals surface area contributed by atoms with Gasteiger partial charge in [0.05, 0.1) is 0 Å². The van der Waals surface area contributed by atoms with Gasteiger partial charge >= 0.3 is 70.2 Å². The fourth-order valence-electron chi connectivity index (χ4n) is 1.07. The molecule has 1 aliphatic rings. The summed E-state index contributed by atoms with van der Waals surface area (Å²) in [7, 11) is 0. The van der Waals surface area contributed by atoms with Gasteiger partial charge in [0, 0.05) is 0 Å². The van der Waals surface area contributed by atoms with Crippen LogP contribution >= 0.6 is 0 Å². The molecule has 0 amide bonds. The summed E-state index contributed by atoms with van der Waals surface area (Å²) in [6.07, 6.45) is 2.25. The van der Waals surface area contributed by atoms with Crippen molar-refractivity contribution in [3.05, 3.63) is 39.5 Å². The van der Waals surface area contributed by atoms with E-state index in [9.17, 15) is 0 Å². The van der Waals surface area contributed by atoms with Gasteiger partial charge in [0.2, 0.25) is 0 Å². The molecule has 1 aliphatic heterocycles. The van der Waals surface area contributed by atoms with Gasteiger partial charge in [0.25, 0.3) is 0 Å². The quantitative estimate of drug-likeness (QED) is 0.597. The van der Waals surface area contributed by atoms with Crippen LogP contribution in [0.1, 0.15) is 11.1 Å².